The van der Waals surface area contributed by atoms with Crippen molar-refractivity contribution in [2.75, 3.05) is 0 Å². The van der Waals surface area contributed by atoms with Gasteiger partial charge in [-0.15, -0.1) is 11.3 Å². The summed E-state index contributed by atoms with van der Waals surface area (Å²) in [5.74, 6) is 0. The van der Waals surface area contributed by atoms with Crippen molar-refractivity contribution in [2.24, 2.45) is 5.73 Å². The van der Waals surface area contributed by atoms with Gasteiger partial charge in [-0.1, -0.05) is 0 Å². The molecule has 0 saturated carbocycles. The van der Waals surface area contributed by atoms with Gasteiger partial charge in [-0.2, -0.15) is 0 Å². The molecule has 0 aliphatic carbocycles. The molecule has 4 heteroatoms. The number of aryl methyl sites for hydroxylation is 1. The molecule has 1 unspecified atom stereocenters. The highest BCUT2D eigenvalue weighted by Gasteiger charge is 2.13. The molecule has 2 heterocycles. The van der Waals surface area contributed by atoms with Gasteiger partial charge in [0.25, 0.3) is 0 Å². The number of aromatic nitrogens is 1. The Morgan fingerprint density at radius 1 is 1.40 bits per heavy atom. The van der Waals surface area contributed by atoms with Crippen LogP contribution in [0.5, 0.6) is 0 Å². The smallest absolute Gasteiger partial charge is 0.0702 e. The molecule has 2 N–H and O–H groups in total. The van der Waals surface area contributed by atoms with E-state index in [0.29, 0.717) is 0 Å². The van der Waals surface area contributed by atoms with Gasteiger partial charge in [0.15, 0.2) is 0 Å². The van der Waals surface area contributed by atoms with Gasteiger partial charge in [0.05, 0.1) is 9.83 Å². The second kappa shape index (κ2) is 4.43. The summed E-state index contributed by atoms with van der Waals surface area (Å²) in [5.41, 5.74) is 8.45. The van der Waals surface area contributed by atoms with Crippen LogP contribution in [0.1, 0.15) is 22.0 Å². The molecular formula is C11H11BrN2S. The highest BCUT2D eigenvalue weighted by atomic mass is 79.9. The SMILES string of the molecule is Cc1ccncc1C(N)c1ccc(Br)s1. The van der Waals surface area contributed by atoms with Crippen molar-refractivity contribution in [3.63, 3.8) is 0 Å². The minimum Gasteiger partial charge on any atom is -0.320 e. The largest absolute Gasteiger partial charge is 0.320 e. The summed E-state index contributed by atoms with van der Waals surface area (Å²) in [6, 6.07) is 5.98. The Hall–Kier alpha value is -0.710. The Balaban J connectivity index is 2.36. The lowest BCUT2D eigenvalue weighted by atomic mass is 10.0. The first-order valence-corrected chi connectivity index (χ1v) is 6.21. The molecule has 0 saturated heterocycles. The zero-order valence-corrected chi connectivity index (χ0v) is 10.7. The molecule has 2 nitrogen and oxygen atoms in total. The summed E-state index contributed by atoms with van der Waals surface area (Å²) in [5, 5.41) is 0. The fourth-order valence-corrected chi connectivity index (χ4v) is 2.89. The van der Waals surface area contributed by atoms with Crippen LogP contribution in [-0.2, 0) is 0 Å². The first-order chi connectivity index (χ1) is 7.18. The Kier molecular flexibility index (Phi) is 3.19. The molecule has 0 fully saturated rings. The second-order valence-corrected chi connectivity index (χ2v) is 5.85. The molecule has 0 aromatic carbocycles. The summed E-state index contributed by atoms with van der Waals surface area (Å²) in [6.07, 6.45) is 3.63. The minimum absolute atomic E-state index is 0.0741. The Morgan fingerprint density at radius 2 is 2.20 bits per heavy atom. The summed E-state index contributed by atoms with van der Waals surface area (Å²) in [7, 11) is 0. The van der Waals surface area contributed by atoms with Crippen LogP contribution in [0.25, 0.3) is 0 Å². The monoisotopic (exact) mass is 282 g/mol. The maximum absolute atomic E-state index is 6.18. The van der Waals surface area contributed by atoms with E-state index in [1.54, 1.807) is 17.5 Å². The fraction of sp³-hybridized carbons (Fsp3) is 0.182. The van der Waals surface area contributed by atoms with Crippen LogP contribution >= 0.6 is 27.3 Å². The third kappa shape index (κ3) is 2.27. The number of hydrogen-bond donors (Lipinski definition) is 1. The van der Waals surface area contributed by atoms with Crippen LogP contribution < -0.4 is 5.73 Å². The third-order valence-electron chi connectivity index (χ3n) is 2.32. The number of nitrogens with two attached hydrogens (primary N) is 1. The van der Waals surface area contributed by atoms with E-state index in [-0.39, 0.29) is 6.04 Å². The lowest BCUT2D eigenvalue weighted by Gasteiger charge is -2.11. The first-order valence-electron chi connectivity index (χ1n) is 4.60. The Morgan fingerprint density at radius 3 is 2.80 bits per heavy atom. The quantitative estimate of drug-likeness (QED) is 0.918. The second-order valence-electron chi connectivity index (χ2n) is 3.35. The number of rotatable bonds is 2. The molecule has 1 atom stereocenters. The third-order valence-corrected chi connectivity index (χ3v) is 4.02. The standard InChI is InChI=1S/C11H11BrN2S/c1-7-4-5-14-6-8(7)11(13)9-2-3-10(12)15-9/h2-6,11H,13H2,1H3. The van der Waals surface area contributed by atoms with Crippen molar-refractivity contribution in [2.45, 2.75) is 13.0 Å². The van der Waals surface area contributed by atoms with Gasteiger partial charge < -0.3 is 5.73 Å². The van der Waals surface area contributed by atoms with Gasteiger partial charge in [0, 0.05) is 17.3 Å². The van der Waals surface area contributed by atoms with Gasteiger partial charge >= 0.3 is 0 Å². The molecule has 2 aromatic rings. The first kappa shape index (κ1) is 10.8. The number of thiophene rings is 1. The van der Waals surface area contributed by atoms with Crippen molar-refractivity contribution in [3.8, 4) is 0 Å². The molecule has 2 aromatic heterocycles. The summed E-state index contributed by atoms with van der Waals surface area (Å²) < 4.78 is 1.11. The average molecular weight is 283 g/mol. The molecule has 0 amide bonds. The molecule has 0 bridgehead atoms. The van der Waals surface area contributed by atoms with Gasteiger partial charge in [0.1, 0.15) is 0 Å². The molecular weight excluding hydrogens is 272 g/mol. The molecule has 0 radical (unpaired) electrons. The van der Waals surface area contributed by atoms with Crippen LogP contribution in [0.15, 0.2) is 34.4 Å². The van der Waals surface area contributed by atoms with Gasteiger partial charge in [0.2, 0.25) is 0 Å². The number of halogens is 1. The van der Waals surface area contributed by atoms with E-state index in [4.69, 9.17) is 5.73 Å². The Bertz CT molecular complexity index is 467. The van der Waals surface area contributed by atoms with Crippen molar-refractivity contribution >= 4 is 27.3 Å². The molecule has 0 spiro atoms. The minimum atomic E-state index is -0.0741. The molecule has 78 valence electrons. The zero-order chi connectivity index (χ0) is 10.8. The van der Waals surface area contributed by atoms with E-state index in [9.17, 15) is 0 Å². The van der Waals surface area contributed by atoms with Gasteiger partial charge in [-0.3, -0.25) is 4.98 Å². The van der Waals surface area contributed by atoms with E-state index in [2.05, 4.69) is 27.8 Å². The maximum atomic E-state index is 6.18. The Labute approximate surface area is 101 Å². The molecule has 0 aliphatic heterocycles. The van der Waals surface area contributed by atoms with E-state index >= 15 is 0 Å². The predicted octanol–water partition coefficient (Wildman–Crippen LogP) is 3.26. The van der Waals surface area contributed by atoms with Crippen molar-refractivity contribution in [1.29, 1.82) is 0 Å². The average Bonchev–Trinajstić information content (AvgIpc) is 2.65. The topological polar surface area (TPSA) is 38.9 Å². The zero-order valence-electron chi connectivity index (χ0n) is 8.27. The number of hydrogen-bond acceptors (Lipinski definition) is 3. The van der Waals surface area contributed by atoms with Crippen molar-refractivity contribution in [1.82, 2.24) is 4.98 Å². The van der Waals surface area contributed by atoms with Crippen LogP contribution in [0.3, 0.4) is 0 Å². The van der Waals surface area contributed by atoms with Crippen LogP contribution in [0.2, 0.25) is 0 Å². The lowest BCUT2D eigenvalue weighted by molar-refractivity contribution is 0.872. The molecule has 15 heavy (non-hydrogen) atoms. The lowest BCUT2D eigenvalue weighted by Crippen LogP contribution is -2.11. The van der Waals surface area contributed by atoms with Gasteiger partial charge in [-0.25, -0.2) is 0 Å². The molecule has 2 rings (SSSR count). The van der Waals surface area contributed by atoms with Gasteiger partial charge in [-0.05, 0) is 52.2 Å². The van der Waals surface area contributed by atoms with E-state index in [0.717, 1.165) is 14.2 Å². The normalized spacial score (nSPS) is 12.7. The van der Waals surface area contributed by atoms with Crippen LogP contribution in [0, 0.1) is 6.92 Å². The summed E-state index contributed by atoms with van der Waals surface area (Å²) in [6.45, 7) is 2.06. The van der Waals surface area contributed by atoms with E-state index in [1.165, 1.54) is 5.56 Å². The number of pyridine rings is 1. The van der Waals surface area contributed by atoms with E-state index < -0.39 is 0 Å². The van der Waals surface area contributed by atoms with Crippen LogP contribution in [-0.4, -0.2) is 4.98 Å². The summed E-state index contributed by atoms with van der Waals surface area (Å²) >= 11 is 5.10. The predicted molar refractivity (Wildman–Crippen MR) is 67.0 cm³/mol. The maximum Gasteiger partial charge on any atom is 0.0702 e. The highest BCUT2D eigenvalue weighted by molar-refractivity contribution is 9.11. The highest BCUT2D eigenvalue weighted by Crippen LogP contribution is 2.30. The van der Waals surface area contributed by atoms with E-state index in [1.807, 2.05) is 24.4 Å². The van der Waals surface area contributed by atoms with Crippen molar-refractivity contribution in [3.05, 3.63) is 50.4 Å². The summed E-state index contributed by atoms with van der Waals surface area (Å²) in [4.78, 5) is 5.26. The van der Waals surface area contributed by atoms with Crippen LogP contribution in [0.4, 0.5) is 0 Å². The fourth-order valence-electron chi connectivity index (χ4n) is 1.45. The molecule has 0 aliphatic rings. The number of nitrogens with zero attached hydrogens (tertiary/aromatic N) is 1. The van der Waals surface area contributed by atoms with Crippen molar-refractivity contribution < 1.29 is 0 Å².